The van der Waals surface area contributed by atoms with E-state index in [1.54, 1.807) is 24.0 Å². The molecule has 2 amide bonds. The van der Waals surface area contributed by atoms with Crippen molar-refractivity contribution in [3.05, 3.63) is 17.8 Å². The maximum atomic E-state index is 12.0. The van der Waals surface area contributed by atoms with Gasteiger partial charge in [-0.3, -0.25) is 4.79 Å². The molecule has 0 radical (unpaired) electrons. The van der Waals surface area contributed by atoms with Crippen molar-refractivity contribution in [1.29, 1.82) is 0 Å². The second-order valence-corrected chi connectivity index (χ2v) is 7.11. The van der Waals surface area contributed by atoms with Crippen molar-refractivity contribution in [3.63, 3.8) is 0 Å². The van der Waals surface area contributed by atoms with Crippen LogP contribution in [0.1, 0.15) is 51.0 Å². The Labute approximate surface area is 148 Å². The van der Waals surface area contributed by atoms with Gasteiger partial charge in [-0.05, 0) is 52.7 Å². The molecule has 0 aliphatic carbocycles. The molecule has 8 heteroatoms. The van der Waals surface area contributed by atoms with Crippen molar-refractivity contribution < 1.29 is 14.3 Å². The maximum absolute atomic E-state index is 12.0. The topological polar surface area (TPSA) is 96.5 Å². The molecule has 1 aliphatic rings. The molecular weight excluding hydrogens is 322 g/mol. The van der Waals surface area contributed by atoms with Gasteiger partial charge in [0.1, 0.15) is 5.82 Å². The summed E-state index contributed by atoms with van der Waals surface area (Å²) in [5.41, 5.74) is -0.0274. The largest absolute Gasteiger partial charge is 0.450 e. The van der Waals surface area contributed by atoms with Crippen LogP contribution < -0.4 is 10.6 Å². The minimum Gasteiger partial charge on any atom is -0.450 e. The first-order chi connectivity index (χ1) is 11.8. The summed E-state index contributed by atoms with van der Waals surface area (Å²) in [6, 6.07) is 3.63. The summed E-state index contributed by atoms with van der Waals surface area (Å²) in [5, 5.41) is 14.2. The summed E-state index contributed by atoms with van der Waals surface area (Å²) in [4.78, 5) is 25.4. The summed E-state index contributed by atoms with van der Waals surface area (Å²) in [6.07, 6.45) is 1.37. The first-order valence-corrected chi connectivity index (χ1v) is 8.63. The van der Waals surface area contributed by atoms with Gasteiger partial charge in [0.2, 0.25) is 0 Å². The number of ether oxygens (including phenoxy) is 1. The summed E-state index contributed by atoms with van der Waals surface area (Å²) >= 11 is 0. The lowest BCUT2D eigenvalue weighted by Crippen LogP contribution is -2.42. The molecule has 0 unspecified atom stereocenters. The number of aromatic nitrogens is 2. The van der Waals surface area contributed by atoms with Gasteiger partial charge in [-0.1, -0.05) is 0 Å². The van der Waals surface area contributed by atoms with Gasteiger partial charge in [0.15, 0.2) is 5.69 Å². The first-order valence-electron chi connectivity index (χ1n) is 8.63. The van der Waals surface area contributed by atoms with Crippen LogP contribution >= 0.6 is 0 Å². The van der Waals surface area contributed by atoms with E-state index in [9.17, 15) is 9.59 Å². The highest BCUT2D eigenvalue weighted by Crippen LogP contribution is 2.16. The molecule has 1 aliphatic heterocycles. The Morgan fingerprint density at radius 3 is 2.44 bits per heavy atom. The van der Waals surface area contributed by atoms with Crippen LogP contribution in [-0.2, 0) is 4.74 Å². The second kappa shape index (κ2) is 8.13. The predicted octanol–water partition coefficient (Wildman–Crippen LogP) is 2.04. The van der Waals surface area contributed by atoms with Gasteiger partial charge >= 0.3 is 6.09 Å². The molecule has 1 fully saturated rings. The van der Waals surface area contributed by atoms with Gasteiger partial charge in [-0.15, -0.1) is 10.2 Å². The molecule has 0 spiro atoms. The molecule has 0 saturated carbocycles. The first kappa shape index (κ1) is 19.0. The highest BCUT2D eigenvalue weighted by molar-refractivity contribution is 5.92. The van der Waals surface area contributed by atoms with Crippen molar-refractivity contribution in [1.82, 2.24) is 20.4 Å². The lowest BCUT2D eigenvalue weighted by molar-refractivity contribution is 0.0912. The summed E-state index contributed by atoms with van der Waals surface area (Å²) in [7, 11) is 0. The molecule has 138 valence electrons. The molecule has 0 bridgehead atoms. The number of hydrogen-bond acceptors (Lipinski definition) is 6. The molecule has 1 aromatic rings. The highest BCUT2D eigenvalue weighted by Gasteiger charge is 2.24. The summed E-state index contributed by atoms with van der Waals surface area (Å²) in [5.74, 6) is 0.385. The molecular formula is C17H27N5O3. The quantitative estimate of drug-likeness (QED) is 0.863. The van der Waals surface area contributed by atoms with E-state index in [0.717, 1.165) is 12.8 Å². The van der Waals surface area contributed by atoms with Crippen LogP contribution in [-0.4, -0.2) is 58.4 Å². The standard InChI is InChI=1S/C17H27N5O3/c1-5-25-16(24)22-10-8-12(9-11-22)18-14-7-6-13(20-21-14)15(23)19-17(2,3)4/h6-7,12H,5,8-11H2,1-4H3,(H,18,21)(H,19,23). The second-order valence-electron chi connectivity index (χ2n) is 7.11. The predicted molar refractivity (Wildman–Crippen MR) is 94.5 cm³/mol. The highest BCUT2D eigenvalue weighted by atomic mass is 16.6. The van der Waals surface area contributed by atoms with Crippen LogP contribution in [0, 0.1) is 0 Å². The molecule has 1 saturated heterocycles. The van der Waals surface area contributed by atoms with Crippen molar-refractivity contribution in [3.8, 4) is 0 Å². The van der Waals surface area contributed by atoms with E-state index >= 15 is 0 Å². The van der Waals surface area contributed by atoms with E-state index in [4.69, 9.17) is 4.74 Å². The van der Waals surface area contributed by atoms with Crippen LogP contribution in [0.15, 0.2) is 12.1 Å². The van der Waals surface area contributed by atoms with Gasteiger partial charge in [0.25, 0.3) is 5.91 Å². The third-order valence-corrected chi connectivity index (χ3v) is 3.76. The average molecular weight is 349 g/mol. The van der Waals surface area contributed by atoms with E-state index in [1.807, 2.05) is 20.8 Å². The number of nitrogens with one attached hydrogen (secondary N) is 2. The van der Waals surface area contributed by atoms with Crippen LogP contribution in [0.4, 0.5) is 10.6 Å². The third-order valence-electron chi connectivity index (χ3n) is 3.76. The van der Waals surface area contributed by atoms with Gasteiger partial charge in [-0.2, -0.15) is 0 Å². The van der Waals surface area contributed by atoms with Crippen LogP contribution in [0.3, 0.4) is 0 Å². The Morgan fingerprint density at radius 1 is 1.24 bits per heavy atom. The van der Waals surface area contributed by atoms with E-state index in [-0.39, 0.29) is 29.3 Å². The average Bonchev–Trinajstić information content (AvgIpc) is 2.55. The van der Waals surface area contributed by atoms with Crippen LogP contribution in [0.25, 0.3) is 0 Å². The number of nitrogens with zero attached hydrogens (tertiary/aromatic N) is 3. The zero-order valence-electron chi connectivity index (χ0n) is 15.3. The number of likely N-dealkylation sites (tertiary alicyclic amines) is 1. The minimum absolute atomic E-state index is 0.217. The number of carbonyl (C=O) groups excluding carboxylic acids is 2. The monoisotopic (exact) mass is 349 g/mol. The Bertz CT molecular complexity index is 589. The Morgan fingerprint density at radius 2 is 1.92 bits per heavy atom. The van der Waals surface area contributed by atoms with Gasteiger partial charge in [0.05, 0.1) is 6.61 Å². The number of carbonyl (C=O) groups is 2. The number of piperidine rings is 1. The maximum Gasteiger partial charge on any atom is 0.409 e. The Hall–Kier alpha value is -2.38. The van der Waals surface area contributed by atoms with Crippen molar-refractivity contribution >= 4 is 17.8 Å². The van der Waals surface area contributed by atoms with Crippen LogP contribution in [0.2, 0.25) is 0 Å². The number of rotatable bonds is 4. The summed E-state index contributed by atoms with van der Waals surface area (Å²) < 4.78 is 5.01. The van der Waals surface area contributed by atoms with Gasteiger partial charge < -0.3 is 20.3 Å². The van der Waals surface area contributed by atoms with E-state index in [1.165, 1.54) is 0 Å². The van der Waals surface area contributed by atoms with Crippen molar-refractivity contribution in [2.24, 2.45) is 0 Å². The molecule has 2 rings (SSSR count). The summed E-state index contributed by atoms with van der Waals surface area (Å²) in [6.45, 7) is 9.23. The third kappa shape index (κ3) is 5.88. The normalized spacial score (nSPS) is 15.6. The van der Waals surface area contributed by atoms with Gasteiger partial charge in [0, 0.05) is 24.7 Å². The molecule has 0 atom stereocenters. The zero-order valence-corrected chi connectivity index (χ0v) is 15.3. The van der Waals surface area contributed by atoms with Crippen molar-refractivity contribution in [2.75, 3.05) is 25.0 Å². The van der Waals surface area contributed by atoms with Gasteiger partial charge in [-0.25, -0.2) is 4.79 Å². The minimum atomic E-state index is -0.317. The molecule has 2 N–H and O–H groups in total. The molecule has 0 aromatic carbocycles. The molecule has 25 heavy (non-hydrogen) atoms. The molecule has 1 aromatic heterocycles. The molecule has 8 nitrogen and oxygen atoms in total. The Kier molecular flexibility index (Phi) is 6.17. The van der Waals surface area contributed by atoms with E-state index in [2.05, 4.69) is 20.8 Å². The SMILES string of the molecule is CCOC(=O)N1CCC(Nc2ccc(C(=O)NC(C)(C)C)nn2)CC1. The number of hydrogen-bond donors (Lipinski definition) is 2. The number of amides is 2. The fourth-order valence-corrected chi connectivity index (χ4v) is 2.57. The lowest BCUT2D eigenvalue weighted by atomic mass is 10.1. The number of anilines is 1. The van der Waals surface area contributed by atoms with E-state index in [0.29, 0.717) is 25.5 Å². The fraction of sp³-hybridized carbons (Fsp3) is 0.647. The smallest absolute Gasteiger partial charge is 0.409 e. The fourth-order valence-electron chi connectivity index (χ4n) is 2.57. The lowest BCUT2D eigenvalue weighted by Gasteiger charge is -2.31. The molecule has 2 heterocycles. The van der Waals surface area contributed by atoms with Crippen LogP contribution in [0.5, 0.6) is 0 Å². The Balaban J connectivity index is 1.84. The zero-order chi connectivity index (χ0) is 18.4. The van der Waals surface area contributed by atoms with Crippen molar-refractivity contribution in [2.45, 2.75) is 52.1 Å². The van der Waals surface area contributed by atoms with E-state index < -0.39 is 0 Å².